The molecule has 2 fully saturated rings. The normalized spacial score (nSPS) is 23.3. The molecule has 34 heavy (non-hydrogen) atoms. The van der Waals surface area contributed by atoms with Gasteiger partial charge in [0.05, 0.1) is 5.92 Å². The molecular weight excluding hydrogens is 432 g/mol. The highest BCUT2D eigenvalue weighted by Gasteiger charge is 2.57. The molecule has 7 nitrogen and oxygen atoms in total. The molecule has 2 N–H and O–H groups in total. The first kappa shape index (κ1) is 22.4. The van der Waals surface area contributed by atoms with Gasteiger partial charge in [-0.2, -0.15) is 0 Å². The average Bonchev–Trinajstić information content (AvgIpc) is 3.49. The highest BCUT2D eigenvalue weighted by atomic mass is 16.5. The van der Waals surface area contributed by atoms with Crippen LogP contribution in [0.15, 0.2) is 48.5 Å². The van der Waals surface area contributed by atoms with Gasteiger partial charge in [-0.3, -0.25) is 9.59 Å². The number of carboxylic acid groups (broad SMARTS) is 1. The molecule has 0 bridgehead atoms. The molecule has 0 radical (unpaired) electrons. The number of rotatable bonds is 7. The van der Waals surface area contributed by atoms with E-state index in [-0.39, 0.29) is 48.6 Å². The summed E-state index contributed by atoms with van der Waals surface area (Å²) >= 11 is 0. The monoisotopic (exact) mass is 462 g/mol. The van der Waals surface area contributed by atoms with Crippen molar-refractivity contribution < 1.29 is 24.2 Å². The molecule has 3 aliphatic rings. The quantitative estimate of drug-likeness (QED) is 0.651. The van der Waals surface area contributed by atoms with Gasteiger partial charge in [-0.25, -0.2) is 4.79 Å². The average molecular weight is 463 g/mol. The van der Waals surface area contributed by atoms with Gasteiger partial charge in [0.2, 0.25) is 5.91 Å². The van der Waals surface area contributed by atoms with Gasteiger partial charge < -0.3 is 20.1 Å². The minimum absolute atomic E-state index is 0.0122. The van der Waals surface area contributed by atoms with Crippen molar-refractivity contribution in [3.63, 3.8) is 0 Å². The maximum Gasteiger partial charge on any atom is 0.407 e. The number of hydrogen-bond donors (Lipinski definition) is 2. The number of fused-ring (bicyclic) bond motifs is 4. The van der Waals surface area contributed by atoms with Gasteiger partial charge in [-0.1, -0.05) is 55.5 Å². The number of carbonyl (C=O) groups excluding carboxylic acids is 2. The molecule has 2 aromatic rings. The fraction of sp³-hybridized carbons (Fsp3) is 0.444. The highest BCUT2D eigenvalue weighted by Crippen LogP contribution is 2.51. The summed E-state index contributed by atoms with van der Waals surface area (Å²) in [4.78, 5) is 38.5. The van der Waals surface area contributed by atoms with Crippen molar-refractivity contribution in [2.24, 2.45) is 17.8 Å². The Labute approximate surface area is 199 Å². The van der Waals surface area contributed by atoms with Gasteiger partial charge in [-0.05, 0) is 46.9 Å². The van der Waals surface area contributed by atoms with Crippen LogP contribution in [-0.2, 0) is 14.3 Å². The van der Waals surface area contributed by atoms with Gasteiger partial charge in [-0.15, -0.1) is 0 Å². The van der Waals surface area contributed by atoms with Crippen molar-refractivity contribution in [3.8, 4) is 11.1 Å². The third-order valence-electron chi connectivity index (χ3n) is 7.71. The van der Waals surface area contributed by atoms with E-state index in [0.29, 0.717) is 19.5 Å². The first-order valence-electron chi connectivity index (χ1n) is 12.1. The van der Waals surface area contributed by atoms with Gasteiger partial charge in [0, 0.05) is 31.5 Å². The number of hydrogen-bond acceptors (Lipinski definition) is 4. The topological polar surface area (TPSA) is 95.9 Å². The zero-order valence-electron chi connectivity index (χ0n) is 19.3. The van der Waals surface area contributed by atoms with E-state index in [1.165, 1.54) is 11.1 Å². The second kappa shape index (κ2) is 9.12. The van der Waals surface area contributed by atoms with Crippen LogP contribution in [0.5, 0.6) is 0 Å². The summed E-state index contributed by atoms with van der Waals surface area (Å²) in [5, 5.41) is 12.1. The Kier molecular flexibility index (Phi) is 6.02. The van der Waals surface area contributed by atoms with Crippen LogP contribution in [0.2, 0.25) is 0 Å². The van der Waals surface area contributed by atoms with Crippen molar-refractivity contribution in [1.82, 2.24) is 10.2 Å². The van der Waals surface area contributed by atoms with Crippen molar-refractivity contribution in [3.05, 3.63) is 59.7 Å². The van der Waals surface area contributed by atoms with Crippen LogP contribution in [0.3, 0.4) is 0 Å². The number of piperidine rings is 1. The number of ether oxygens (including phenoxy) is 1. The second-order valence-electron chi connectivity index (χ2n) is 9.60. The summed E-state index contributed by atoms with van der Waals surface area (Å²) in [6.45, 7) is 3.25. The highest BCUT2D eigenvalue weighted by molar-refractivity contribution is 5.80. The minimum atomic E-state index is -0.757. The molecule has 0 aromatic heterocycles. The van der Waals surface area contributed by atoms with Crippen LogP contribution >= 0.6 is 0 Å². The molecule has 2 amide bonds. The number of likely N-dealkylation sites (tertiary alicyclic amines) is 1. The summed E-state index contributed by atoms with van der Waals surface area (Å²) in [5.74, 6) is -0.832. The van der Waals surface area contributed by atoms with Gasteiger partial charge in [0.25, 0.3) is 0 Å². The smallest absolute Gasteiger partial charge is 0.407 e. The molecule has 0 spiro atoms. The molecule has 4 atom stereocenters. The predicted octanol–water partition coefficient (Wildman–Crippen LogP) is 3.87. The van der Waals surface area contributed by atoms with E-state index in [4.69, 9.17) is 4.74 Å². The summed E-state index contributed by atoms with van der Waals surface area (Å²) in [5.41, 5.74) is 4.66. The van der Waals surface area contributed by atoms with Crippen LogP contribution in [0.25, 0.3) is 11.1 Å². The summed E-state index contributed by atoms with van der Waals surface area (Å²) in [7, 11) is 0. The van der Waals surface area contributed by atoms with Crippen LogP contribution in [0, 0.1) is 17.8 Å². The Hall–Kier alpha value is -3.35. The number of carbonyl (C=O) groups is 3. The molecule has 2 aromatic carbocycles. The number of nitrogens with one attached hydrogen (secondary N) is 1. The molecule has 2 unspecified atom stereocenters. The zero-order valence-corrected chi connectivity index (χ0v) is 19.3. The SMILES string of the molecule is CCC(CC(=O)N1CC[C@H]2C(C(=O)O)[C@H]2C1)NC(=O)OCC1c2ccccc2-c2ccccc21. The molecular formula is C27H30N2O5. The van der Waals surface area contributed by atoms with Crippen LogP contribution in [0.1, 0.15) is 43.2 Å². The molecule has 1 heterocycles. The van der Waals surface area contributed by atoms with E-state index in [1.54, 1.807) is 4.90 Å². The van der Waals surface area contributed by atoms with Crippen molar-refractivity contribution >= 4 is 18.0 Å². The lowest BCUT2D eigenvalue weighted by atomic mass is 9.98. The number of alkyl carbamates (subject to hydrolysis) is 1. The molecule has 1 saturated heterocycles. The summed E-state index contributed by atoms with van der Waals surface area (Å²) in [6, 6.07) is 16.0. The Bertz CT molecular complexity index is 1070. The van der Waals surface area contributed by atoms with Crippen molar-refractivity contribution in [2.45, 2.75) is 38.1 Å². The van der Waals surface area contributed by atoms with E-state index in [0.717, 1.165) is 17.5 Å². The lowest BCUT2D eigenvalue weighted by molar-refractivity contribution is -0.139. The molecule has 1 aliphatic heterocycles. The maximum atomic E-state index is 12.8. The maximum absolute atomic E-state index is 12.8. The number of aliphatic carboxylic acids is 1. The van der Waals surface area contributed by atoms with Crippen LogP contribution in [-0.4, -0.2) is 53.7 Å². The minimum Gasteiger partial charge on any atom is -0.481 e. The Morgan fingerprint density at radius 1 is 1.06 bits per heavy atom. The van der Waals surface area contributed by atoms with Crippen molar-refractivity contribution in [2.75, 3.05) is 19.7 Å². The lowest BCUT2D eigenvalue weighted by Crippen LogP contribution is -2.43. The van der Waals surface area contributed by atoms with E-state index in [1.807, 2.05) is 31.2 Å². The predicted molar refractivity (Wildman–Crippen MR) is 126 cm³/mol. The zero-order chi connectivity index (χ0) is 23.8. The Balaban J connectivity index is 1.15. The number of nitrogens with zero attached hydrogens (tertiary/aromatic N) is 1. The van der Waals surface area contributed by atoms with Gasteiger partial charge >= 0.3 is 12.1 Å². The van der Waals surface area contributed by atoms with Crippen molar-refractivity contribution in [1.29, 1.82) is 0 Å². The van der Waals surface area contributed by atoms with Gasteiger partial charge in [0.1, 0.15) is 6.61 Å². The fourth-order valence-corrected chi connectivity index (χ4v) is 5.78. The fourth-order valence-electron chi connectivity index (χ4n) is 5.78. The standard InChI is InChI=1S/C27H30N2O5/c1-2-16(13-24(30)29-12-11-21-22(14-29)25(21)26(31)32)28-27(33)34-15-23-19-9-5-3-7-17(19)18-8-4-6-10-20(18)23/h3-10,16,21-23,25H,2,11-15H2,1H3,(H,28,33)(H,31,32)/t16?,21-,22+,25?/m1/s1. The first-order valence-corrected chi connectivity index (χ1v) is 12.1. The molecule has 1 saturated carbocycles. The molecule has 178 valence electrons. The van der Waals surface area contributed by atoms with E-state index in [9.17, 15) is 19.5 Å². The van der Waals surface area contributed by atoms with Crippen LogP contribution < -0.4 is 5.32 Å². The Morgan fingerprint density at radius 2 is 1.71 bits per heavy atom. The first-order chi connectivity index (χ1) is 16.5. The van der Waals surface area contributed by atoms with Crippen LogP contribution in [0.4, 0.5) is 4.79 Å². The Morgan fingerprint density at radius 3 is 2.32 bits per heavy atom. The number of carboxylic acids is 1. The third kappa shape index (κ3) is 4.15. The van der Waals surface area contributed by atoms with E-state index >= 15 is 0 Å². The van der Waals surface area contributed by atoms with Gasteiger partial charge in [0.15, 0.2) is 0 Å². The second-order valence-corrected chi connectivity index (χ2v) is 9.60. The number of benzene rings is 2. The summed E-state index contributed by atoms with van der Waals surface area (Å²) < 4.78 is 5.62. The lowest BCUT2D eigenvalue weighted by Gasteiger charge is -2.28. The summed E-state index contributed by atoms with van der Waals surface area (Å²) in [6.07, 6.45) is 1.02. The molecule has 7 heteroatoms. The largest absolute Gasteiger partial charge is 0.481 e. The molecule has 5 rings (SSSR count). The molecule has 2 aliphatic carbocycles. The van der Waals surface area contributed by atoms with E-state index < -0.39 is 12.1 Å². The van der Waals surface area contributed by atoms with E-state index in [2.05, 4.69) is 29.6 Å². The number of amides is 2. The third-order valence-corrected chi connectivity index (χ3v) is 7.71.